The van der Waals surface area contributed by atoms with Gasteiger partial charge in [0.05, 0.1) is 0 Å². The predicted molar refractivity (Wildman–Crippen MR) is 103 cm³/mol. The molecule has 0 spiro atoms. The Hall–Kier alpha value is -0.853. The predicted octanol–water partition coefficient (Wildman–Crippen LogP) is 2.73. The van der Waals surface area contributed by atoms with Crippen LogP contribution in [0.4, 0.5) is 0 Å². The van der Waals surface area contributed by atoms with E-state index in [2.05, 4.69) is 0 Å². The monoisotopic (exact) mass is 362 g/mol. The minimum absolute atomic E-state index is 0. The summed E-state index contributed by atoms with van der Waals surface area (Å²) in [7, 11) is 0.164. The van der Waals surface area contributed by atoms with Crippen LogP contribution in [-0.2, 0) is 9.05 Å². The van der Waals surface area contributed by atoms with E-state index >= 15 is 0 Å². The van der Waals surface area contributed by atoms with Crippen molar-refractivity contribution in [3.63, 3.8) is 0 Å². The van der Waals surface area contributed by atoms with Crippen LogP contribution in [0.3, 0.4) is 0 Å². The summed E-state index contributed by atoms with van der Waals surface area (Å²) in [5.41, 5.74) is 0.375. The molecule has 0 aliphatic carbocycles. The van der Waals surface area contributed by atoms with Crippen LogP contribution in [0.1, 0.15) is 17.3 Å². The van der Waals surface area contributed by atoms with E-state index in [1.54, 1.807) is 19.2 Å². The Morgan fingerprint density at radius 3 is 2.29 bits per heavy atom. The second kappa shape index (κ2) is 9.58. The number of methoxy groups -OCH3 is 1. The molecule has 0 aromatic heterocycles. The van der Waals surface area contributed by atoms with Crippen molar-refractivity contribution < 1.29 is 18.6 Å². The number of benzene rings is 2. The first kappa shape index (κ1) is 21.2. The summed E-state index contributed by atoms with van der Waals surface area (Å²) in [5, 5.41) is 2.07. The van der Waals surface area contributed by atoms with E-state index in [0.717, 1.165) is 16.9 Å². The van der Waals surface area contributed by atoms with Crippen LogP contribution < -0.4 is 15.3 Å². The first-order valence-corrected chi connectivity index (χ1v) is 9.40. The van der Waals surface area contributed by atoms with Crippen molar-refractivity contribution >= 4 is 55.1 Å². The summed E-state index contributed by atoms with van der Waals surface area (Å²) in [6.45, 7) is 2.39. The van der Waals surface area contributed by atoms with Gasteiger partial charge in [0.2, 0.25) is 0 Å². The molecule has 4 nitrogen and oxygen atoms in total. The number of carbonyl (C=O) groups excluding carboxylic acids is 1. The zero-order valence-electron chi connectivity index (χ0n) is 13.3. The average Bonchev–Trinajstić information content (AvgIpc) is 2.59. The van der Waals surface area contributed by atoms with Gasteiger partial charge in [-0.15, -0.1) is 0 Å². The first-order chi connectivity index (χ1) is 11.1. The third-order valence-corrected chi connectivity index (χ3v) is 7.27. The maximum absolute atomic E-state index is 11.4. The zero-order valence-corrected chi connectivity index (χ0v) is 15.1. The van der Waals surface area contributed by atoms with E-state index in [0.29, 0.717) is 22.9 Å². The Morgan fingerprint density at radius 1 is 1.12 bits per heavy atom. The van der Waals surface area contributed by atoms with Crippen molar-refractivity contribution in [1.82, 2.24) is 0 Å². The van der Waals surface area contributed by atoms with Gasteiger partial charge in [0.15, 0.2) is 0 Å². The number of rotatable bonds is 7. The molecule has 0 unspecified atom stereocenters. The van der Waals surface area contributed by atoms with Crippen LogP contribution in [0.15, 0.2) is 42.5 Å². The molecule has 2 rings (SSSR count). The Labute approximate surface area is 160 Å². The summed E-state index contributed by atoms with van der Waals surface area (Å²) in [6, 6.07) is 13.2. The molecule has 0 heterocycles. The molecule has 0 aliphatic heterocycles. The quantitative estimate of drug-likeness (QED) is 0.431. The van der Waals surface area contributed by atoms with Gasteiger partial charge in [-0.2, -0.15) is 0 Å². The molecule has 2 aromatic carbocycles. The Morgan fingerprint density at radius 2 is 1.79 bits per heavy atom. The second-order valence-corrected chi connectivity index (χ2v) is 8.31. The molecule has 0 bridgehead atoms. The topological polar surface area (TPSA) is 44.8 Å². The molecule has 0 aliphatic rings. The normalized spacial score (nSPS) is 11.5. The second-order valence-electron chi connectivity index (χ2n) is 4.82. The number of hydrogen-bond donors (Lipinski definition) is 0. The van der Waals surface area contributed by atoms with Crippen molar-refractivity contribution in [2.24, 2.45) is 0 Å². The molecule has 0 fully saturated rings. The Balaban J connectivity index is 0.00000288. The minimum atomic E-state index is -2.94. The number of ether oxygens (including phenoxy) is 1. The van der Waals surface area contributed by atoms with Crippen LogP contribution in [0.5, 0.6) is 5.75 Å². The zero-order chi connectivity index (χ0) is 16.9. The molecular formula is C17H21ClLiO4P. The fourth-order valence-corrected chi connectivity index (χ4v) is 5.97. The Kier molecular flexibility index (Phi) is 8.46. The van der Waals surface area contributed by atoms with Gasteiger partial charge in [-0.25, -0.2) is 0 Å². The number of aldehydes is 1. The Bertz CT molecular complexity index is 684. The molecule has 0 radical (unpaired) electrons. The van der Waals surface area contributed by atoms with Crippen molar-refractivity contribution in [3.05, 3.63) is 53.1 Å². The number of carbonyl (C=O) groups is 1. The fourth-order valence-electron chi connectivity index (χ4n) is 2.60. The van der Waals surface area contributed by atoms with Crippen LogP contribution in [0.2, 0.25) is 5.02 Å². The van der Waals surface area contributed by atoms with E-state index in [9.17, 15) is 4.79 Å². The van der Waals surface area contributed by atoms with Crippen molar-refractivity contribution in [2.45, 2.75) is 6.92 Å². The van der Waals surface area contributed by atoms with Gasteiger partial charge in [0.1, 0.15) is 0 Å². The molecule has 0 amide bonds. The summed E-state index contributed by atoms with van der Waals surface area (Å²) in [4.78, 5) is 11.4. The van der Waals surface area contributed by atoms with Crippen molar-refractivity contribution in [1.29, 1.82) is 0 Å². The van der Waals surface area contributed by atoms with E-state index < -0.39 is 7.72 Å². The van der Waals surface area contributed by atoms with Gasteiger partial charge < -0.3 is 0 Å². The maximum atomic E-state index is 11.4. The SMILES string of the molecule is CCO[PH](OC)(c1ccccc1)c1cc(Cl)c(OC)c(C=O)c1.[LiH]. The molecule has 2 aromatic rings. The molecule has 0 N–H and O–H groups in total. The van der Waals surface area contributed by atoms with Crippen molar-refractivity contribution in [3.8, 4) is 5.75 Å². The molecule has 126 valence electrons. The van der Waals surface area contributed by atoms with Crippen LogP contribution >= 0.6 is 19.3 Å². The van der Waals surface area contributed by atoms with Gasteiger partial charge >= 0.3 is 160 Å². The standard InChI is InChI=1S/C17H20ClO4P.Li.H/c1-4-22-23(21-3,14-8-6-5-7-9-14)15-10-13(12-19)17(20-2)16(18)11-15;;/h5-12,23H,4H2,1-3H3;;. The van der Waals surface area contributed by atoms with Gasteiger partial charge in [-0.3, -0.25) is 0 Å². The third kappa shape index (κ3) is 4.03. The first-order valence-electron chi connectivity index (χ1n) is 7.20. The van der Waals surface area contributed by atoms with Crippen LogP contribution in [-0.4, -0.2) is 46.0 Å². The van der Waals surface area contributed by atoms with Gasteiger partial charge in [-0.1, -0.05) is 0 Å². The van der Waals surface area contributed by atoms with E-state index in [4.69, 9.17) is 25.4 Å². The molecule has 0 saturated carbocycles. The summed E-state index contributed by atoms with van der Waals surface area (Å²) in [6.07, 6.45) is 0.722. The summed E-state index contributed by atoms with van der Waals surface area (Å²) < 4.78 is 17.2. The molecule has 7 heteroatoms. The summed E-state index contributed by atoms with van der Waals surface area (Å²) in [5.74, 6) is 0.356. The van der Waals surface area contributed by atoms with E-state index in [-0.39, 0.29) is 18.9 Å². The van der Waals surface area contributed by atoms with E-state index in [1.807, 2.05) is 37.3 Å². The van der Waals surface area contributed by atoms with Crippen LogP contribution in [0, 0.1) is 0 Å². The van der Waals surface area contributed by atoms with Crippen molar-refractivity contribution in [2.75, 3.05) is 20.8 Å². The summed E-state index contributed by atoms with van der Waals surface area (Å²) >= 11 is 6.29. The van der Waals surface area contributed by atoms with E-state index in [1.165, 1.54) is 7.11 Å². The fraction of sp³-hybridized carbons (Fsp3) is 0.235. The van der Waals surface area contributed by atoms with Gasteiger partial charge in [0, 0.05) is 0 Å². The average molecular weight is 363 g/mol. The van der Waals surface area contributed by atoms with Gasteiger partial charge in [0.25, 0.3) is 0 Å². The molecule has 24 heavy (non-hydrogen) atoms. The number of hydrogen-bond acceptors (Lipinski definition) is 4. The molecule has 0 saturated heterocycles. The molecule has 0 atom stereocenters. The van der Waals surface area contributed by atoms with Crippen LogP contribution in [0.25, 0.3) is 0 Å². The number of halogens is 1. The van der Waals surface area contributed by atoms with Gasteiger partial charge in [-0.05, 0) is 0 Å². The third-order valence-electron chi connectivity index (χ3n) is 3.57. The molecular weight excluding hydrogens is 342 g/mol.